The number of rotatable bonds is 5. The third-order valence-corrected chi connectivity index (χ3v) is 4.32. The minimum atomic E-state index is -0.0321. The molecule has 0 bridgehead atoms. The van der Waals surface area contributed by atoms with Crippen LogP contribution in [0.1, 0.15) is 31.5 Å². The number of aromatic amines is 1. The minimum Gasteiger partial charge on any atom is -0.310 e. The molecule has 0 aliphatic heterocycles. The molecule has 3 rings (SSSR count). The van der Waals surface area contributed by atoms with Crippen LogP contribution in [0.3, 0.4) is 0 Å². The maximum absolute atomic E-state index is 11.8. The molecule has 0 atom stereocenters. The van der Waals surface area contributed by atoms with E-state index in [-0.39, 0.29) is 5.56 Å². The number of aromatic nitrogens is 2. The van der Waals surface area contributed by atoms with Crippen LogP contribution in [-0.4, -0.2) is 16.5 Å². The van der Waals surface area contributed by atoms with Gasteiger partial charge in [-0.3, -0.25) is 4.79 Å². The maximum atomic E-state index is 11.8. The first-order chi connectivity index (χ1) is 9.33. The summed E-state index contributed by atoms with van der Waals surface area (Å²) in [6.45, 7) is 1.56. The molecule has 1 aliphatic rings. The molecule has 4 nitrogen and oxygen atoms in total. The fourth-order valence-corrected chi connectivity index (χ4v) is 3.15. The van der Waals surface area contributed by atoms with Crippen LogP contribution in [0.5, 0.6) is 0 Å². The topological polar surface area (TPSA) is 57.8 Å². The highest BCUT2D eigenvalue weighted by atomic mass is 32.1. The average Bonchev–Trinajstić information content (AvgIpc) is 3.05. The molecule has 2 aromatic heterocycles. The van der Waals surface area contributed by atoms with E-state index in [2.05, 4.69) is 21.4 Å². The van der Waals surface area contributed by atoms with Gasteiger partial charge in [0.25, 0.3) is 5.56 Å². The summed E-state index contributed by atoms with van der Waals surface area (Å²) in [4.78, 5) is 19.1. The Morgan fingerprint density at radius 3 is 3.26 bits per heavy atom. The molecular formula is C14H17N3OS. The van der Waals surface area contributed by atoms with Gasteiger partial charge < -0.3 is 10.3 Å². The number of H-pyrrole nitrogens is 1. The molecule has 0 saturated carbocycles. The largest absolute Gasteiger partial charge is 0.310 e. The highest BCUT2D eigenvalue weighted by molar-refractivity contribution is 7.17. The lowest BCUT2D eigenvalue weighted by Gasteiger charge is -2.05. The zero-order valence-corrected chi connectivity index (χ0v) is 11.6. The molecule has 0 unspecified atom stereocenters. The Balaban J connectivity index is 1.57. The highest BCUT2D eigenvalue weighted by Gasteiger charge is 2.06. The number of thiophene rings is 1. The molecule has 5 heteroatoms. The monoisotopic (exact) mass is 275 g/mol. The Bertz CT molecular complexity index is 656. The molecule has 2 aromatic rings. The number of hydrogen-bond donors (Lipinski definition) is 2. The highest BCUT2D eigenvalue weighted by Crippen LogP contribution is 2.19. The quantitative estimate of drug-likeness (QED) is 0.651. The first-order valence-corrected chi connectivity index (χ1v) is 7.56. The summed E-state index contributed by atoms with van der Waals surface area (Å²) in [6, 6.07) is 1.89. The molecule has 0 amide bonds. The number of nitrogens with zero attached hydrogens (tertiary/aromatic N) is 1. The summed E-state index contributed by atoms with van der Waals surface area (Å²) in [5.41, 5.74) is 2.32. The second-order valence-electron chi connectivity index (χ2n) is 4.83. The lowest BCUT2D eigenvalue weighted by atomic mass is 10.2. The SMILES string of the molecule is O=c1[nH]c(CNCCC2=CCCC2)nc2ccsc12. The minimum absolute atomic E-state index is 0.0321. The number of allylic oxidation sites excluding steroid dienone is 1. The molecule has 100 valence electrons. The van der Waals surface area contributed by atoms with E-state index < -0.39 is 0 Å². The van der Waals surface area contributed by atoms with Crippen molar-refractivity contribution in [2.75, 3.05) is 6.54 Å². The Labute approximate surface area is 115 Å². The van der Waals surface area contributed by atoms with Gasteiger partial charge in [0.2, 0.25) is 0 Å². The van der Waals surface area contributed by atoms with E-state index in [1.807, 2.05) is 11.4 Å². The Hall–Kier alpha value is -1.46. The lowest BCUT2D eigenvalue weighted by Crippen LogP contribution is -2.20. The van der Waals surface area contributed by atoms with Gasteiger partial charge in [0.15, 0.2) is 0 Å². The molecule has 19 heavy (non-hydrogen) atoms. The fourth-order valence-electron chi connectivity index (χ4n) is 2.43. The van der Waals surface area contributed by atoms with Crippen molar-refractivity contribution in [1.82, 2.24) is 15.3 Å². The normalized spacial score (nSPS) is 15.1. The average molecular weight is 275 g/mol. The van der Waals surface area contributed by atoms with Crippen LogP contribution in [0.2, 0.25) is 0 Å². The summed E-state index contributed by atoms with van der Waals surface area (Å²) < 4.78 is 0.708. The van der Waals surface area contributed by atoms with E-state index in [1.165, 1.54) is 30.6 Å². The summed E-state index contributed by atoms with van der Waals surface area (Å²) in [6.07, 6.45) is 7.24. The van der Waals surface area contributed by atoms with E-state index in [0.29, 0.717) is 11.2 Å². The van der Waals surface area contributed by atoms with Crippen LogP contribution in [0, 0.1) is 0 Å². The summed E-state index contributed by atoms with van der Waals surface area (Å²) in [5.74, 6) is 0.719. The molecule has 0 aromatic carbocycles. The van der Waals surface area contributed by atoms with Crippen molar-refractivity contribution in [3.63, 3.8) is 0 Å². The molecular weight excluding hydrogens is 258 g/mol. The second-order valence-corrected chi connectivity index (χ2v) is 5.75. The lowest BCUT2D eigenvalue weighted by molar-refractivity contribution is 0.652. The van der Waals surface area contributed by atoms with E-state index in [4.69, 9.17) is 0 Å². The van der Waals surface area contributed by atoms with Crippen LogP contribution < -0.4 is 10.9 Å². The first kappa shape index (κ1) is 12.6. The number of hydrogen-bond acceptors (Lipinski definition) is 4. The predicted octanol–water partition coefficient (Wildman–Crippen LogP) is 2.57. The standard InChI is InChI=1S/C14H17N3OS/c18-14-13-11(6-8-19-13)16-12(17-14)9-15-7-5-10-3-1-2-4-10/h3,6,8,15H,1-2,4-5,7,9H2,(H,16,17,18). The van der Waals surface area contributed by atoms with Gasteiger partial charge >= 0.3 is 0 Å². The summed E-state index contributed by atoms with van der Waals surface area (Å²) in [7, 11) is 0. The molecule has 0 radical (unpaired) electrons. The van der Waals surface area contributed by atoms with Gasteiger partial charge in [0, 0.05) is 0 Å². The second kappa shape index (κ2) is 5.67. The summed E-state index contributed by atoms with van der Waals surface area (Å²) >= 11 is 1.43. The fraction of sp³-hybridized carbons (Fsp3) is 0.429. The third kappa shape index (κ3) is 2.93. The zero-order valence-electron chi connectivity index (χ0n) is 10.7. The molecule has 2 heterocycles. The van der Waals surface area contributed by atoms with E-state index in [0.717, 1.165) is 24.3 Å². The zero-order chi connectivity index (χ0) is 13.1. The van der Waals surface area contributed by atoms with E-state index >= 15 is 0 Å². The van der Waals surface area contributed by atoms with Crippen molar-refractivity contribution in [3.05, 3.63) is 39.3 Å². The third-order valence-electron chi connectivity index (χ3n) is 3.41. The van der Waals surface area contributed by atoms with Crippen LogP contribution in [0.25, 0.3) is 10.2 Å². The van der Waals surface area contributed by atoms with Gasteiger partial charge in [-0.1, -0.05) is 11.6 Å². The first-order valence-electron chi connectivity index (χ1n) is 6.68. The van der Waals surface area contributed by atoms with Crippen molar-refractivity contribution >= 4 is 21.6 Å². The van der Waals surface area contributed by atoms with Crippen molar-refractivity contribution < 1.29 is 0 Å². The maximum Gasteiger partial charge on any atom is 0.268 e. The van der Waals surface area contributed by atoms with E-state index in [9.17, 15) is 4.79 Å². The Morgan fingerprint density at radius 2 is 2.42 bits per heavy atom. The molecule has 1 aliphatic carbocycles. The molecule has 0 spiro atoms. The van der Waals surface area contributed by atoms with E-state index in [1.54, 1.807) is 5.57 Å². The molecule has 2 N–H and O–H groups in total. The summed E-state index contributed by atoms with van der Waals surface area (Å²) in [5, 5.41) is 5.24. The molecule has 0 saturated heterocycles. The number of fused-ring (bicyclic) bond motifs is 1. The molecule has 0 fully saturated rings. The Morgan fingerprint density at radius 1 is 1.47 bits per heavy atom. The van der Waals surface area contributed by atoms with Crippen LogP contribution in [-0.2, 0) is 6.54 Å². The van der Waals surface area contributed by atoms with Crippen LogP contribution >= 0.6 is 11.3 Å². The van der Waals surface area contributed by atoms with Crippen LogP contribution in [0.4, 0.5) is 0 Å². The smallest absolute Gasteiger partial charge is 0.268 e. The van der Waals surface area contributed by atoms with Crippen molar-refractivity contribution in [2.24, 2.45) is 0 Å². The van der Waals surface area contributed by atoms with Gasteiger partial charge in [-0.15, -0.1) is 11.3 Å². The van der Waals surface area contributed by atoms with Gasteiger partial charge in [-0.05, 0) is 43.7 Å². The van der Waals surface area contributed by atoms with Crippen molar-refractivity contribution in [2.45, 2.75) is 32.2 Å². The van der Waals surface area contributed by atoms with Crippen molar-refractivity contribution in [3.8, 4) is 0 Å². The van der Waals surface area contributed by atoms with Gasteiger partial charge in [-0.2, -0.15) is 0 Å². The predicted molar refractivity (Wildman–Crippen MR) is 78.5 cm³/mol. The Kier molecular flexibility index (Phi) is 3.75. The van der Waals surface area contributed by atoms with Crippen LogP contribution in [0.15, 0.2) is 27.9 Å². The van der Waals surface area contributed by atoms with Gasteiger partial charge in [-0.25, -0.2) is 4.98 Å². The van der Waals surface area contributed by atoms with Gasteiger partial charge in [0.1, 0.15) is 10.5 Å². The van der Waals surface area contributed by atoms with Gasteiger partial charge in [0.05, 0.1) is 12.1 Å². The number of nitrogens with one attached hydrogen (secondary N) is 2. The van der Waals surface area contributed by atoms with Crippen molar-refractivity contribution in [1.29, 1.82) is 0 Å².